The van der Waals surface area contributed by atoms with E-state index in [9.17, 15) is 23.3 Å². The summed E-state index contributed by atoms with van der Waals surface area (Å²) in [6.07, 6.45) is 1.21. The number of anilines is 2. The fourth-order valence-corrected chi connectivity index (χ4v) is 4.66. The van der Waals surface area contributed by atoms with Crippen molar-refractivity contribution in [3.8, 4) is 5.75 Å². The zero-order chi connectivity index (χ0) is 21.3. The van der Waals surface area contributed by atoms with E-state index < -0.39 is 14.9 Å². The van der Waals surface area contributed by atoms with Gasteiger partial charge in [-0.05, 0) is 43.5 Å². The van der Waals surface area contributed by atoms with Crippen molar-refractivity contribution in [1.82, 2.24) is 0 Å². The monoisotopic (exact) mass is 419 g/mol. The number of nitrogens with zero attached hydrogens (tertiary/aromatic N) is 2. The zero-order valence-electron chi connectivity index (χ0n) is 16.3. The van der Waals surface area contributed by atoms with Crippen molar-refractivity contribution >= 4 is 33.0 Å². The minimum Gasteiger partial charge on any atom is -0.494 e. The summed E-state index contributed by atoms with van der Waals surface area (Å²) >= 11 is 0. The molecule has 0 aliphatic carbocycles. The van der Waals surface area contributed by atoms with Crippen molar-refractivity contribution in [3.05, 3.63) is 51.6 Å². The van der Waals surface area contributed by atoms with Crippen LogP contribution in [0.2, 0.25) is 0 Å². The largest absolute Gasteiger partial charge is 0.494 e. The predicted octanol–water partition coefficient (Wildman–Crippen LogP) is 3.15. The van der Waals surface area contributed by atoms with E-state index in [2.05, 4.69) is 4.72 Å². The van der Waals surface area contributed by atoms with Crippen LogP contribution < -0.4 is 14.4 Å². The third-order valence-electron chi connectivity index (χ3n) is 4.90. The van der Waals surface area contributed by atoms with Gasteiger partial charge in [0.15, 0.2) is 0 Å². The van der Waals surface area contributed by atoms with E-state index in [-0.39, 0.29) is 22.2 Å². The van der Waals surface area contributed by atoms with Crippen LogP contribution in [0.3, 0.4) is 0 Å². The van der Waals surface area contributed by atoms with E-state index in [1.165, 1.54) is 25.3 Å². The number of carbonyl (C=O) groups excluding carboxylic acids is 1. The highest BCUT2D eigenvalue weighted by Gasteiger charge is 2.26. The van der Waals surface area contributed by atoms with Crippen molar-refractivity contribution in [2.45, 2.75) is 31.6 Å². The summed E-state index contributed by atoms with van der Waals surface area (Å²) in [5, 5.41) is 11.1. The molecular weight excluding hydrogens is 398 g/mol. The van der Waals surface area contributed by atoms with E-state index in [0.29, 0.717) is 35.5 Å². The first-order chi connectivity index (χ1) is 13.6. The molecule has 10 heteroatoms. The van der Waals surface area contributed by atoms with Gasteiger partial charge in [-0.3, -0.25) is 19.6 Å². The molecule has 0 spiro atoms. The number of hydrogen-bond acceptors (Lipinski definition) is 6. The summed E-state index contributed by atoms with van der Waals surface area (Å²) in [6, 6.07) is 7.00. The van der Waals surface area contributed by atoms with Gasteiger partial charge in [-0.25, -0.2) is 8.42 Å². The third kappa shape index (κ3) is 4.02. The van der Waals surface area contributed by atoms with Crippen molar-refractivity contribution in [2.24, 2.45) is 0 Å². The number of hydrogen-bond donors (Lipinski definition) is 1. The van der Waals surface area contributed by atoms with E-state index in [4.69, 9.17) is 4.74 Å². The lowest BCUT2D eigenvalue weighted by Gasteiger charge is -2.20. The Kier molecular flexibility index (Phi) is 5.47. The van der Waals surface area contributed by atoms with Crippen molar-refractivity contribution < 1.29 is 22.9 Å². The quantitative estimate of drug-likeness (QED) is 0.567. The van der Waals surface area contributed by atoms with Crippen LogP contribution in [-0.2, 0) is 14.8 Å². The summed E-state index contributed by atoms with van der Waals surface area (Å²) in [4.78, 5) is 23.9. The number of nitro groups is 1. The maximum absolute atomic E-state index is 12.9. The average molecular weight is 419 g/mol. The summed E-state index contributed by atoms with van der Waals surface area (Å²) in [7, 11) is -2.64. The summed E-state index contributed by atoms with van der Waals surface area (Å²) in [5.41, 5.74) is 1.42. The summed E-state index contributed by atoms with van der Waals surface area (Å²) in [5.74, 6) is 0.340. The highest BCUT2D eigenvalue weighted by atomic mass is 32.2. The molecule has 1 heterocycles. The van der Waals surface area contributed by atoms with Gasteiger partial charge in [0.05, 0.1) is 28.3 Å². The molecule has 2 aromatic carbocycles. The fourth-order valence-electron chi connectivity index (χ4n) is 3.27. The number of sulfonamides is 1. The van der Waals surface area contributed by atoms with E-state index >= 15 is 0 Å². The number of methoxy groups -OCH3 is 1. The number of amides is 1. The molecule has 0 aromatic heterocycles. The Morgan fingerprint density at radius 2 is 1.93 bits per heavy atom. The maximum atomic E-state index is 12.9. The third-order valence-corrected chi connectivity index (χ3v) is 6.41. The summed E-state index contributed by atoms with van der Waals surface area (Å²) < 4.78 is 33.6. The van der Waals surface area contributed by atoms with Crippen LogP contribution in [0.4, 0.5) is 17.1 Å². The van der Waals surface area contributed by atoms with Crippen LogP contribution in [0.5, 0.6) is 5.75 Å². The van der Waals surface area contributed by atoms with Gasteiger partial charge < -0.3 is 9.64 Å². The Hall–Kier alpha value is -3.14. The van der Waals surface area contributed by atoms with Crippen molar-refractivity contribution in [2.75, 3.05) is 23.3 Å². The Bertz CT molecular complexity index is 1100. The average Bonchev–Trinajstić information content (AvgIpc) is 3.08. The summed E-state index contributed by atoms with van der Waals surface area (Å²) in [6.45, 7) is 3.79. The lowest BCUT2D eigenvalue weighted by Crippen LogP contribution is -2.24. The SMILES string of the molecule is COc1cc(NS(=O)(=O)c2cc([N+](=O)[O-])cc(C)c2C)ccc1N1CCCC1=O. The van der Waals surface area contributed by atoms with Crippen LogP contribution >= 0.6 is 0 Å². The molecule has 0 unspecified atom stereocenters. The lowest BCUT2D eigenvalue weighted by molar-refractivity contribution is -0.385. The fraction of sp³-hybridized carbons (Fsp3) is 0.316. The Balaban J connectivity index is 1.97. The molecule has 29 heavy (non-hydrogen) atoms. The normalized spacial score (nSPS) is 14.2. The second kappa shape index (κ2) is 7.70. The molecule has 0 radical (unpaired) electrons. The lowest BCUT2D eigenvalue weighted by atomic mass is 10.1. The van der Waals surface area contributed by atoms with E-state index in [0.717, 1.165) is 12.5 Å². The standard InChI is InChI=1S/C19H21N3O6S/c1-12-9-15(22(24)25)11-18(13(12)2)29(26,27)20-14-6-7-16(17(10-14)28-3)21-8-4-5-19(21)23/h6-7,9-11,20H,4-5,8H2,1-3H3. The molecule has 2 aromatic rings. The first kappa shape index (κ1) is 20.6. The van der Waals surface area contributed by atoms with Crippen molar-refractivity contribution in [1.29, 1.82) is 0 Å². The molecule has 3 rings (SSSR count). The minimum atomic E-state index is -4.08. The molecule has 0 bridgehead atoms. The highest BCUT2D eigenvalue weighted by molar-refractivity contribution is 7.92. The maximum Gasteiger partial charge on any atom is 0.271 e. The number of nitrogens with one attached hydrogen (secondary N) is 1. The molecule has 0 saturated carbocycles. The first-order valence-electron chi connectivity index (χ1n) is 8.91. The molecule has 1 aliphatic rings. The molecule has 9 nitrogen and oxygen atoms in total. The molecule has 154 valence electrons. The van der Waals surface area contributed by atoms with Crippen molar-refractivity contribution in [3.63, 3.8) is 0 Å². The number of aryl methyl sites for hydroxylation is 1. The van der Waals surface area contributed by atoms with E-state index in [1.54, 1.807) is 24.8 Å². The Morgan fingerprint density at radius 3 is 2.52 bits per heavy atom. The molecule has 1 fully saturated rings. The second-order valence-corrected chi connectivity index (χ2v) is 8.43. The Labute approximate surface area is 168 Å². The van der Waals surface area contributed by atoms with Gasteiger partial charge in [0, 0.05) is 31.2 Å². The van der Waals surface area contributed by atoms with Crippen LogP contribution in [0.15, 0.2) is 35.2 Å². The molecule has 1 aliphatic heterocycles. The number of benzene rings is 2. The number of nitro benzene ring substituents is 1. The van der Waals surface area contributed by atoms with Crippen LogP contribution in [-0.4, -0.2) is 32.9 Å². The number of rotatable bonds is 6. The van der Waals surface area contributed by atoms with Crippen LogP contribution in [0, 0.1) is 24.0 Å². The molecular formula is C19H21N3O6S. The van der Waals surface area contributed by atoms with Gasteiger partial charge >= 0.3 is 0 Å². The predicted molar refractivity (Wildman–Crippen MR) is 108 cm³/mol. The number of carbonyl (C=O) groups is 1. The highest BCUT2D eigenvalue weighted by Crippen LogP contribution is 2.35. The van der Waals surface area contributed by atoms with E-state index in [1.807, 2.05) is 0 Å². The van der Waals surface area contributed by atoms with Crippen LogP contribution in [0.25, 0.3) is 0 Å². The first-order valence-corrected chi connectivity index (χ1v) is 10.4. The molecule has 0 atom stereocenters. The van der Waals surface area contributed by atoms with Crippen LogP contribution in [0.1, 0.15) is 24.0 Å². The number of non-ortho nitro benzene ring substituents is 1. The Morgan fingerprint density at radius 1 is 1.21 bits per heavy atom. The molecule has 1 amide bonds. The molecule has 1 N–H and O–H groups in total. The molecule has 1 saturated heterocycles. The van der Waals surface area contributed by atoms with Gasteiger partial charge in [0.1, 0.15) is 5.75 Å². The smallest absolute Gasteiger partial charge is 0.271 e. The van der Waals surface area contributed by atoms with Gasteiger partial charge in [-0.1, -0.05) is 0 Å². The van der Waals surface area contributed by atoms with Gasteiger partial charge in [0.25, 0.3) is 15.7 Å². The minimum absolute atomic E-state index is 0.0145. The van der Waals surface area contributed by atoms with Gasteiger partial charge in [0.2, 0.25) is 5.91 Å². The second-order valence-electron chi connectivity index (χ2n) is 6.78. The van der Waals surface area contributed by atoms with Gasteiger partial charge in [-0.2, -0.15) is 0 Å². The zero-order valence-corrected chi connectivity index (χ0v) is 17.1. The van der Waals surface area contributed by atoms with Gasteiger partial charge in [-0.15, -0.1) is 0 Å². The number of ether oxygens (including phenoxy) is 1. The topological polar surface area (TPSA) is 119 Å².